The van der Waals surface area contributed by atoms with Gasteiger partial charge in [-0.25, -0.2) is 5.84 Å². The zero-order valence-corrected chi connectivity index (χ0v) is 10.6. The van der Waals surface area contributed by atoms with Crippen molar-refractivity contribution in [3.63, 3.8) is 0 Å². The van der Waals surface area contributed by atoms with Crippen molar-refractivity contribution in [3.05, 3.63) is 60.4 Å². The van der Waals surface area contributed by atoms with Crippen molar-refractivity contribution in [2.45, 2.75) is 4.90 Å². The zero-order chi connectivity index (χ0) is 13.9. The van der Waals surface area contributed by atoms with Crippen LogP contribution in [0, 0.1) is 0 Å². The SMILES string of the molecule is NN(C(=O)c1ccncc1)S(=O)(=O)c1ccccc1. The van der Waals surface area contributed by atoms with Gasteiger partial charge in [-0.3, -0.25) is 9.78 Å². The second kappa shape index (κ2) is 5.17. The zero-order valence-electron chi connectivity index (χ0n) is 9.80. The van der Waals surface area contributed by atoms with Gasteiger partial charge in [0, 0.05) is 18.0 Å². The van der Waals surface area contributed by atoms with Crippen molar-refractivity contribution in [2.75, 3.05) is 0 Å². The maximum Gasteiger partial charge on any atom is 0.282 e. The summed E-state index contributed by atoms with van der Waals surface area (Å²) in [6, 6.07) is 10.3. The number of nitrogens with two attached hydrogens (primary N) is 1. The third-order valence-corrected chi connectivity index (χ3v) is 3.98. The highest BCUT2D eigenvalue weighted by atomic mass is 32.2. The molecule has 0 aliphatic heterocycles. The van der Waals surface area contributed by atoms with E-state index in [2.05, 4.69) is 4.98 Å². The molecule has 7 heteroatoms. The van der Waals surface area contributed by atoms with Crippen molar-refractivity contribution in [3.8, 4) is 0 Å². The van der Waals surface area contributed by atoms with E-state index >= 15 is 0 Å². The molecule has 0 saturated heterocycles. The molecule has 0 aliphatic carbocycles. The topological polar surface area (TPSA) is 93.4 Å². The normalized spacial score (nSPS) is 11.0. The van der Waals surface area contributed by atoms with Crippen LogP contribution in [0.25, 0.3) is 0 Å². The highest BCUT2D eigenvalue weighted by Crippen LogP contribution is 2.14. The minimum atomic E-state index is -4.05. The third-order valence-electron chi connectivity index (χ3n) is 2.43. The van der Waals surface area contributed by atoms with Crippen LogP contribution in [0.1, 0.15) is 10.4 Å². The second-order valence-electron chi connectivity index (χ2n) is 3.65. The number of carbonyl (C=O) groups is 1. The summed E-state index contributed by atoms with van der Waals surface area (Å²) in [5.41, 5.74) is 0.150. The van der Waals surface area contributed by atoms with Crippen LogP contribution in [-0.2, 0) is 10.0 Å². The molecule has 2 rings (SSSR count). The summed E-state index contributed by atoms with van der Waals surface area (Å²) in [6.45, 7) is 0. The number of sulfonamides is 1. The maximum atomic E-state index is 12.1. The van der Waals surface area contributed by atoms with Crippen molar-refractivity contribution < 1.29 is 13.2 Å². The molecule has 2 N–H and O–H groups in total. The minimum Gasteiger partial charge on any atom is -0.266 e. The van der Waals surface area contributed by atoms with E-state index in [1.54, 1.807) is 18.2 Å². The van der Waals surface area contributed by atoms with Gasteiger partial charge in [0.25, 0.3) is 15.9 Å². The van der Waals surface area contributed by atoms with Gasteiger partial charge in [0.05, 0.1) is 4.90 Å². The fourth-order valence-corrected chi connectivity index (χ4v) is 2.49. The number of benzene rings is 1. The molecule has 1 heterocycles. The summed E-state index contributed by atoms with van der Waals surface area (Å²) in [4.78, 5) is 15.7. The van der Waals surface area contributed by atoms with Crippen LogP contribution >= 0.6 is 0 Å². The van der Waals surface area contributed by atoms with E-state index < -0.39 is 15.9 Å². The molecule has 98 valence electrons. The summed E-state index contributed by atoms with van der Waals surface area (Å²) >= 11 is 0. The first-order valence-electron chi connectivity index (χ1n) is 5.33. The minimum absolute atomic E-state index is 0.0418. The lowest BCUT2D eigenvalue weighted by Crippen LogP contribution is -2.42. The Hall–Kier alpha value is -2.25. The predicted molar refractivity (Wildman–Crippen MR) is 68.2 cm³/mol. The molecule has 1 amide bonds. The fraction of sp³-hybridized carbons (Fsp3) is 0. The Morgan fingerprint density at radius 3 is 2.21 bits per heavy atom. The molecule has 19 heavy (non-hydrogen) atoms. The Kier molecular flexibility index (Phi) is 3.59. The molecule has 1 aromatic heterocycles. The second-order valence-corrected chi connectivity index (χ2v) is 5.47. The average molecular weight is 277 g/mol. The molecule has 0 unspecified atom stereocenters. The van der Waals surface area contributed by atoms with Crippen LogP contribution in [0.4, 0.5) is 0 Å². The monoisotopic (exact) mass is 277 g/mol. The summed E-state index contributed by atoms with van der Waals surface area (Å²) in [5, 5.41) is 0. The van der Waals surface area contributed by atoms with Gasteiger partial charge in [0.15, 0.2) is 0 Å². The highest BCUT2D eigenvalue weighted by Gasteiger charge is 2.27. The van der Waals surface area contributed by atoms with Crippen molar-refractivity contribution in [1.29, 1.82) is 0 Å². The molecule has 0 atom stereocenters. The summed E-state index contributed by atoms with van der Waals surface area (Å²) in [6.07, 6.45) is 2.77. The molecule has 6 nitrogen and oxygen atoms in total. The van der Waals surface area contributed by atoms with E-state index in [0.29, 0.717) is 0 Å². The van der Waals surface area contributed by atoms with Crippen LogP contribution in [0.15, 0.2) is 59.8 Å². The summed E-state index contributed by atoms with van der Waals surface area (Å²) in [7, 11) is -4.05. The van der Waals surface area contributed by atoms with Crippen molar-refractivity contribution in [2.24, 2.45) is 5.84 Å². The quantitative estimate of drug-likeness (QED) is 0.508. The van der Waals surface area contributed by atoms with E-state index in [1.165, 1.54) is 36.7 Å². The van der Waals surface area contributed by atoms with Crippen molar-refractivity contribution in [1.82, 2.24) is 9.40 Å². The number of carbonyl (C=O) groups excluding carboxylic acids is 1. The maximum absolute atomic E-state index is 12.1. The number of hydrazine groups is 1. The number of aromatic nitrogens is 1. The van der Waals surface area contributed by atoms with Crippen LogP contribution < -0.4 is 5.84 Å². The molecule has 0 aliphatic rings. The largest absolute Gasteiger partial charge is 0.282 e. The Bertz CT molecular complexity index is 672. The molecular weight excluding hydrogens is 266 g/mol. The molecule has 0 radical (unpaired) electrons. The Morgan fingerprint density at radius 1 is 1.05 bits per heavy atom. The lowest BCUT2D eigenvalue weighted by Gasteiger charge is -2.16. The van der Waals surface area contributed by atoms with Gasteiger partial charge in [-0.15, -0.1) is 0 Å². The predicted octanol–water partition coefficient (Wildman–Crippen LogP) is 0.786. The Balaban J connectivity index is 2.35. The molecular formula is C12H11N3O3S. The number of amides is 1. The molecule has 0 saturated carbocycles. The van der Waals surface area contributed by atoms with Crippen LogP contribution in [-0.4, -0.2) is 23.7 Å². The van der Waals surface area contributed by atoms with E-state index in [0.717, 1.165) is 0 Å². The van der Waals surface area contributed by atoms with Crippen LogP contribution in [0.3, 0.4) is 0 Å². The summed E-state index contributed by atoms with van der Waals surface area (Å²) in [5.74, 6) is 4.62. The molecule has 2 aromatic rings. The average Bonchev–Trinajstić information content (AvgIpc) is 2.47. The molecule has 1 aromatic carbocycles. The van der Waals surface area contributed by atoms with Gasteiger partial charge in [0.2, 0.25) is 0 Å². The number of rotatable bonds is 3. The first-order valence-corrected chi connectivity index (χ1v) is 6.77. The van der Waals surface area contributed by atoms with E-state index in [-0.39, 0.29) is 14.9 Å². The van der Waals surface area contributed by atoms with Gasteiger partial charge in [0.1, 0.15) is 0 Å². The lowest BCUT2D eigenvalue weighted by atomic mass is 10.3. The van der Waals surface area contributed by atoms with Gasteiger partial charge >= 0.3 is 0 Å². The Labute approximate surface area is 110 Å². The number of nitrogens with zero attached hydrogens (tertiary/aromatic N) is 2. The molecule has 0 fully saturated rings. The van der Waals surface area contributed by atoms with Gasteiger partial charge in [-0.1, -0.05) is 18.2 Å². The third kappa shape index (κ3) is 2.61. The summed E-state index contributed by atoms with van der Waals surface area (Å²) < 4.78 is 24.5. The Morgan fingerprint density at radius 2 is 1.63 bits per heavy atom. The van der Waals surface area contributed by atoms with Crippen LogP contribution in [0.2, 0.25) is 0 Å². The molecule has 0 bridgehead atoms. The first kappa shape index (κ1) is 13.2. The van der Waals surface area contributed by atoms with Crippen LogP contribution in [0.5, 0.6) is 0 Å². The smallest absolute Gasteiger partial charge is 0.266 e. The van der Waals surface area contributed by atoms with E-state index in [9.17, 15) is 13.2 Å². The lowest BCUT2D eigenvalue weighted by molar-refractivity contribution is 0.0861. The number of hydrogen-bond donors (Lipinski definition) is 1. The van der Waals surface area contributed by atoms with Gasteiger partial charge in [-0.05, 0) is 24.3 Å². The van der Waals surface area contributed by atoms with E-state index in [4.69, 9.17) is 5.84 Å². The number of hydrogen-bond acceptors (Lipinski definition) is 5. The van der Waals surface area contributed by atoms with Gasteiger partial charge < -0.3 is 0 Å². The first-order chi connectivity index (χ1) is 9.03. The highest BCUT2D eigenvalue weighted by molar-refractivity contribution is 7.89. The van der Waals surface area contributed by atoms with E-state index in [1.807, 2.05) is 0 Å². The standard InChI is InChI=1S/C12H11N3O3S/c13-15(12(16)10-6-8-14-9-7-10)19(17,18)11-4-2-1-3-5-11/h1-9H,13H2. The molecule has 0 spiro atoms. The number of pyridine rings is 1. The van der Waals surface area contributed by atoms with Crippen molar-refractivity contribution >= 4 is 15.9 Å². The fourth-order valence-electron chi connectivity index (χ4n) is 1.44. The van der Waals surface area contributed by atoms with Gasteiger partial charge in [-0.2, -0.15) is 12.8 Å².